The number of nitrogens with two attached hydrogens (primary N) is 1. The molecule has 16 heavy (non-hydrogen) atoms. The molecule has 1 aromatic heterocycles. The van der Waals surface area contributed by atoms with E-state index in [0.717, 1.165) is 30.6 Å². The summed E-state index contributed by atoms with van der Waals surface area (Å²) < 4.78 is 5.24. The molecule has 1 atom stereocenters. The third kappa shape index (κ3) is 3.23. The zero-order valence-corrected chi connectivity index (χ0v) is 9.44. The molecule has 1 rings (SSSR count). The molecule has 86 valence electrons. The molecule has 3 N–H and O–H groups in total. The third-order valence-electron chi connectivity index (χ3n) is 2.43. The van der Waals surface area contributed by atoms with Crippen LogP contribution in [0.15, 0.2) is 18.5 Å². The first-order valence-corrected chi connectivity index (χ1v) is 5.21. The topological polar surface area (TPSA) is 60.2 Å². The normalized spacial score (nSPS) is 11.8. The number of pyridine rings is 1. The Morgan fingerprint density at radius 3 is 3.12 bits per heavy atom. The molecule has 0 bridgehead atoms. The van der Waals surface area contributed by atoms with Crippen molar-refractivity contribution in [2.24, 2.45) is 5.84 Å². The van der Waals surface area contributed by atoms with E-state index in [1.165, 1.54) is 0 Å². The lowest BCUT2D eigenvalue weighted by Crippen LogP contribution is -2.28. The van der Waals surface area contributed by atoms with Gasteiger partial charge in [0.05, 0.1) is 13.3 Å². The number of hydrazine groups is 1. The molecule has 0 aliphatic rings. The molecule has 0 spiro atoms. The van der Waals surface area contributed by atoms with Crippen LogP contribution >= 0.6 is 0 Å². The van der Waals surface area contributed by atoms with Crippen LogP contribution in [0.1, 0.15) is 30.9 Å². The zero-order valence-electron chi connectivity index (χ0n) is 9.44. The highest BCUT2D eigenvalue weighted by Crippen LogP contribution is 2.26. The van der Waals surface area contributed by atoms with Crippen LogP contribution in [-0.2, 0) is 0 Å². The molecule has 0 fully saturated rings. The zero-order chi connectivity index (χ0) is 11.8. The SMILES string of the molecule is C#CCCCC(NN)c1ccncc1OC. The van der Waals surface area contributed by atoms with Gasteiger partial charge in [-0.2, -0.15) is 0 Å². The van der Waals surface area contributed by atoms with Gasteiger partial charge in [0.15, 0.2) is 0 Å². The van der Waals surface area contributed by atoms with E-state index in [1.54, 1.807) is 19.5 Å². The monoisotopic (exact) mass is 219 g/mol. The van der Waals surface area contributed by atoms with E-state index in [-0.39, 0.29) is 6.04 Å². The molecule has 0 radical (unpaired) electrons. The number of hydrogen-bond donors (Lipinski definition) is 2. The first-order chi connectivity index (χ1) is 7.83. The largest absolute Gasteiger partial charge is 0.495 e. The van der Waals surface area contributed by atoms with Crippen LogP contribution in [0.25, 0.3) is 0 Å². The van der Waals surface area contributed by atoms with Gasteiger partial charge in [-0.15, -0.1) is 12.3 Å². The van der Waals surface area contributed by atoms with E-state index in [0.29, 0.717) is 0 Å². The lowest BCUT2D eigenvalue weighted by atomic mass is 10.0. The van der Waals surface area contributed by atoms with Crippen molar-refractivity contribution in [1.29, 1.82) is 0 Å². The first kappa shape index (κ1) is 12.5. The minimum atomic E-state index is 0.0475. The maximum absolute atomic E-state index is 5.53. The summed E-state index contributed by atoms with van der Waals surface area (Å²) in [6.07, 6.45) is 11.2. The molecule has 1 unspecified atom stereocenters. The van der Waals surface area contributed by atoms with Crippen LogP contribution in [0.3, 0.4) is 0 Å². The fourth-order valence-corrected chi connectivity index (χ4v) is 1.59. The van der Waals surface area contributed by atoms with E-state index in [9.17, 15) is 0 Å². The van der Waals surface area contributed by atoms with Crippen LogP contribution < -0.4 is 16.0 Å². The Balaban J connectivity index is 2.74. The maximum Gasteiger partial charge on any atom is 0.141 e. The number of terminal acetylenes is 1. The lowest BCUT2D eigenvalue weighted by molar-refractivity contribution is 0.392. The van der Waals surface area contributed by atoms with Gasteiger partial charge in [-0.3, -0.25) is 16.3 Å². The van der Waals surface area contributed by atoms with Gasteiger partial charge < -0.3 is 4.74 Å². The number of nitrogens with one attached hydrogen (secondary N) is 1. The molecule has 0 amide bonds. The molecule has 0 aliphatic carbocycles. The molecule has 4 heteroatoms. The van der Waals surface area contributed by atoms with Crippen molar-refractivity contribution in [2.45, 2.75) is 25.3 Å². The van der Waals surface area contributed by atoms with Crippen molar-refractivity contribution < 1.29 is 4.74 Å². The predicted molar refractivity (Wildman–Crippen MR) is 63.5 cm³/mol. The van der Waals surface area contributed by atoms with Gasteiger partial charge in [-0.05, 0) is 18.9 Å². The highest BCUT2D eigenvalue weighted by Gasteiger charge is 2.13. The van der Waals surface area contributed by atoms with E-state index in [2.05, 4.69) is 16.3 Å². The first-order valence-electron chi connectivity index (χ1n) is 5.21. The van der Waals surface area contributed by atoms with Crippen molar-refractivity contribution in [3.8, 4) is 18.1 Å². The van der Waals surface area contributed by atoms with Gasteiger partial charge >= 0.3 is 0 Å². The molecule has 1 aromatic rings. The van der Waals surface area contributed by atoms with Crippen molar-refractivity contribution in [3.05, 3.63) is 24.0 Å². The quantitative estimate of drug-likeness (QED) is 0.328. The molecule has 0 saturated carbocycles. The van der Waals surface area contributed by atoms with Crippen molar-refractivity contribution >= 4 is 0 Å². The molecule has 0 aromatic carbocycles. The number of nitrogens with zero attached hydrogens (tertiary/aromatic N) is 1. The van der Waals surface area contributed by atoms with Crippen LogP contribution in [0, 0.1) is 12.3 Å². The summed E-state index contributed by atoms with van der Waals surface area (Å²) in [4.78, 5) is 4.00. The van der Waals surface area contributed by atoms with Crippen LogP contribution in [0.2, 0.25) is 0 Å². The van der Waals surface area contributed by atoms with Gasteiger partial charge in [-0.25, -0.2) is 0 Å². The van der Waals surface area contributed by atoms with Crippen LogP contribution in [-0.4, -0.2) is 12.1 Å². The highest BCUT2D eigenvalue weighted by atomic mass is 16.5. The summed E-state index contributed by atoms with van der Waals surface area (Å²) in [6, 6.07) is 1.95. The molecule has 0 aliphatic heterocycles. The third-order valence-corrected chi connectivity index (χ3v) is 2.43. The second-order valence-electron chi connectivity index (χ2n) is 3.43. The Morgan fingerprint density at radius 2 is 2.50 bits per heavy atom. The number of unbranched alkanes of at least 4 members (excludes halogenated alkanes) is 1. The summed E-state index contributed by atoms with van der Waals surface area (Å²) in [5.74, 6) is 8.89. The summed E-state index contributed by atoms with van der Waals surface area (Å²) in [5.41, 5.74) is 3.79. The van der Waals surface area contributed by atoms with E-state index < -0.39 is 0 Å². The number of ether oxygens (including phenoxy) is 1. The van der Waals surface area contributed by atoms with Crippen molar-refractivity contribution in [1.82, 2.24) is 10.4 Å². The lowest BCUT2D eigenvalue weighted by Gasteiger charge is -2.18. The fraction of sp³-hybridized carbons (Fsp3) is 0.417. The van der Waals surface area contributed by atoms with Gasteiger partial charge in [0, 0.05) is 24.2 Å². The molecular weight excluding hydrogens is 202 g/mol. The van der Waals surface area contributed by atoms with Crippen molar-refractivity contribution in [3.63, 3.8) is 0 Å². The van der Waals surface area contributed by atoms with Crippen LogP contribution in [0.5, 0.6) is 5.75 Å². The molecule has 0 saturated heterocycles. The predicted octanol–water partition coefficient (Wildman–Crippen LogP) is 1.40. The van der Waals surface area contributed by atoms with Gasteiger partial charge in [0.1, 0.15) is 5.75 Å². The minimum absolute atomic E-state index is 0.0475. The Labute approximate surface area is 96.2 Å². The molecular formula is C12H17N3O. The highest BCUT2D eigenvalue weighted by molar-refractivity contribution is 5.32. The smallest absolute Gasteiger partial charge is 0.141 e. The number of aromatic nitrogens is 1. The van der Waals surface area contributed by atoms with E-state index >= 15 is 0 Å². The van der Waals surface area contributed by atoms with E-state index in [4.69, 9.17) is 17.0 Å². The molecule has 4 nitrogen and oxygen atoms in total. The average molecular weight is 219 g/mol. The number of rotatable bonds is 6. The number of hydrogen-bond acceptors (Lipinski definition) is 4. The Bertz CT molecular complexity index is 360. The van der Waals surface area contributed by atoms with E-state index in [1.807, 2.05) is 6.07 Å². The fourth-order valence-electron chi connectivity index (χ4n) is 1.59. The second-order valence-corrected chi connectivity index (χ2v) is 3.43. The number of methoxy groups -OCH3 is 1. The minimum Gasteiger partial charge on any atom is -0.495 e. The van der Waals surface area contributed by atoms with Crippen molar-refractivity contribution in [2.75, 3.05) is 7.11 Å². The van der Waals surface area contributed by atoms with Gasteiger partial charge in [0.2, 0.25) is 0 Å². The van der Waals surface area contributed by atoms with Gasteiger partial charge in [-0.1, -0.05) is 0 Å². The summed E-state index contributed by atoms with van der Waals surface area (Å²) in [7, 11) is 1.62. The summed E-state index contributed by atoms with van der Waals surface area (Å²) in [5, 5.41) is 0. The average Bonchev–Trinajstić information content (AvgIpc) is 2.35. The second kappa shape index (κ2) is 6.83. The van der Waals surface area contributed by atoms with Gasteiger partial charge in [0.25, 0.3) is 0 Å². The Kier molecular flexibility index (Phi) is 5.34. The molecule has 1 heterocycles. The van der Waals surface area contributed by atoms with Crippen LogP contribution in [0.4, 0.5) is 0 Å². The Hall–Kier alpha value is -1.57. The maximum atomic E-state index is 5.53. The summed E-state index contributed by atoms with van der Waals surface area (Å²) in [6.45, 7) is 0. The Morgan fingerprint density at radius 1 is 1.69 bits per heavy atom. The summed E-state index contributed by atoms with van der Waals surface area (Å²) >= 11 is 0. The standard InChI is InChI=1S/C12H17N3O/c1-3-4-5-6-11(15-13)10-7-8-14-9-12(10)16-2/h1,7-9,11,15H,4-6,13H2,2H3.